The summed E-state index contributed by atoms with van der Waals surface area (Å²) < 4.78 is 5.11. The molecule has 0 aromatic heterocycles. The Morgan fingerprint density at radius 2 is 2.12 bits per heavy atom. The number of hydrogen-bond donors (Lipinski definition) is 1. The number of carbonyl (C=O) groups excluding carboxylic acids is 1. The first-order chi connectivity index (χ1) is 7.50. The second kappa shape index (κ2) is 3.64. The molecule has 1 aromatic carbocycles. The molecule has 0 saturated heterocycles. The van der Waals surface area contributed by atoms with Crippen molar-refractivity contribution in [2.45, 2.75) is 6.92 Å². The number of ketones is 1. The minimum atomic E-state index is -1.38. The van der Waals surface area contributed by atoms with Gasteiger partial charge in [0.15, 0.2) is 5.03 Å². The van der Waals surface area contributed by atoms with Crippen LogP contribution in [-0.4, -0.2) is 16.9 Å². The number of aryl methyl sites for hydroxylation is 1. The van der Waals surface area contributed by atoms with E-state index in [9.17, 15) is 9.59 Å². The Morgan fingerprint density at radius 1 is 1.44 bits per heavy atom. The highest BCUT2D eigenvalue weighted by atomic mass is 35.5. The summed E-state index contributed by atoms with van der Waals surface area (Å²) in [6.45, 7) is 1.83. The van der Waals surface area contributed by atoms with Crippen molar-refractivity contribution in [1.29, 1.82) is 0 Å². The number of carbonyl (C=O) groups is 2. The van der Waals surface area contributed by atoms with Crippen LogP contribution >= 0.6 is 11.6 Å². The zero-order valence-electron chi connectivity index (χ0n) is 8.28. The molecule has 0 atom stereocenters. The summed E-state index contributed by atoms with van der Waals surface area (Å²) in [6.07, 6.45) is 0. The molecule has 0 radical (unpaired) electrons. The van der Waals surface area contributed by atoms with Crippen molar-refractivity contribution < 1.29 is 19.4 Å². The van der Waals surface area contributed by atoms with E-state index in [0.717, 1.165) is 5.56 Å². The third kappa shape index (κ3) is 1.57. The highest BCUT2D eigenvalue weighted by Crippen LogP contribution is 2.33. The van der Waals surface area contributed by atoms with Crippen molar-refractivity contribution in [1.82, 2.24) is 0 Å². The molecule has 0 bridgehead atoms. The number of carboxylic acid groups (broad SMARTS) is 1. The van der Waals surface area contributed by atoms with E-state index in [-0.39, 0.29) is 5.76 Å². The maximum atomic E-state index is 11.8. The molecule has 1 aromatic rings. The molecule has 0 unspecified atom stereocenters. The lowest BCUT2D eigenvalue weighted by Crippen LogP contribution is -2.07. The van der Waals surface area contributed by atoms with Crippen LogP contribution in [0.5, 0.6) is 5.75 Å². The molecule has 82 valence electrons. The van der Waals surface area contributed by atoms with Gasteiger partial charge < -0.3 is 9.84 Å². The molecule has 0 spiro atoms. The lowest BCUT2D eigenvalue weighted by Gasteiger charge is -1.98. The van der Waals surface area contributed by atoms with Gasteiger partial charge in [0.2, 0.25) is 11.5 Å². The normalized spacial score (nSPS) is 16.8. The maximum Gasteiger partial charge on any atom is 0.351 e. The van der Waals surface area contributed by atoms with Crippen molar-refractivity contribution >= 4 is 23.4 Å². The first-order valence-electron chi connectivity index (χ1n) is 4.47. The first kappa shape index (κ1) is 10.7. The number of hydrogen-bond acceptors (Lipinski definition) is 3. The van der Waals surface area contributed by atoms with Gasteiger partial charge in [-0.2, -0.15) is 0 Å². The Balaban J connectivity index is 2.54. The molecule has 4 nitrogen and oxygen atoms in total. The average molecular weight is 239 g/mol. The van der Waals surface area contributed by atoms with Gasteiger partial charge in [0.05, 0.1) is 5.56 Å². The van der Waals surface area contributed by atoms with Gasteiger partial charge in [0, 0.05) is 0 Å². The van der Waals surface area contributed by atoms with Crippen molar-refractivity contribution in [3.05, 3.63) is 40.1 Å². The van der Waals surface area contributed by atoms with E-state index in [1.54, 1.807) is 18.2 Å². The predicted molar refractivity (Wildman–Crippen MR) is 56.7 cm³/mol. The molecule has 2 rings (SSSR count). The van der Waals surface area contributed by atoms with E-state index in [2.05, 4.69) is 0 Å². The van der Waals surface area contributed by atoms with Gasteiger partial charge in [0.1, 0.15) is 5.75 Å². The second-order valence-electron chi connectivity index (χ2n) is 3.38. The molecule has 0 aliphatic carbocycles. The van der Waals surface area contributed by atoms with Gasteiger partial charge >= 0.3 is 5.97 Å². The third-order valence-electron chi connectivity index (χ3n) is 2.19. The van der Waals surface area contributed by atoms with Gasteiger partial charge in [-0.3, -0.25) is 4.79 Å². The number of carboxylic acids is 1. The number of ether oxygens (including phenoxy) is 1. The van der Waals surface area contributed by atoms with Crippen LogP contribution in [0.15, 0.2) is 29.0 Å². The molecule has 0 saturated carbocycles. The van der Waals surface area contributed by atoms with Gasteiger partial charge in [-0.1, -0.05) is 23.2 Å². The minimum Gasteiger partial charge on any atom is -0.477 e. The molecular weight excluding hydrogens is 232 g/mol. The van der Waals surface area contributed by atoms with Crippen molar-refractivity contribution in [3.63, 3.8) is 0 Å². The molecule has 1 N–H and O–H groups in total. The smallest absolute Gasteiger partial charge is 0.351 e. The van der Waals surface area contributed by atoms with Crippen LogP contribution in [0.4, 0.5) is 0 Å². The van der Waals surface area contributed by atoms with Gasteiger partial charge in [-0.25, -0.2) is 4.79 Å². The Labute approximate surface area is 96.1 Å². The quantitative estimate of drug-likeness (QED) is 0.761. The molecule has 16 heavy (non-hydrogen) atoms. The largest absolute Gasteiger partial charge is 0.477 e. The molecule has 1 heterocycles. The summed E-state index contributed by atoms with van der Waals surface area (Å²) in [5.74, 6) is -1.86. The fraction of sp³-hybridized carbons (Fsp3) is 0.0909. The highest BCUT2D eigenvalue weighted by Gasteiger charge is 2.31. The van der Waals surface area contributed by atoms with Crippen molar-refractivity contribution in [3.8, 4) is 5.75 Å². The number of Topliss-reactive ketones (excluding diaryl/α,β-unsaturated/α-hetero) is 1. The lowest BCUT2D eigenvalue weighted by atomic mass is 10.1. The summed E-state index contributed by atoms with van der Waals surface area (Å²) >= 11 is 5.48. The van der Waals surface area contributed by atoms with Crippen LogP contribution in [0.25, 0.3) is 0 Å². The van der Waals surface area contributed by atoms with E-state index in [1.165, 1.54) is 0 Å². The Bertz CT molecular complexity index is 531. The molecule has 0 amide bonds. The molecule has 0 fully saturated rings. The Morgan fingerprint density at radius 3 is 2.75 bits per heavy atom. The van der Waals surface area contributed by atoms with Gasteiger partial charge in [-0.15, -0.1) is 0 Å². The van der Waals surface area contributed by atoms with Gasteiger partial charge in [-0.05, 0) is 19.1 Å². The fourth-order valence-electron chi connectivity index (χ4n) is 1.43. The monoisotopic (exact) mass is 238 g/mol. The van der Waals surface area contributed by atoms with E-state index >= 15 is 0 Å². The Kier molecular flexibility index (Phi) is 2.44. The highest BCUT2D eigenvalue weighted by molar-refractivity contribution is 6.43. The number of aliphatic carboxylic acids is 1. The van der Waals surface area contributed by atoms with E-state index in [1.807, 2.05) is 6.92 Å². The lowest BCUT2D eigenvalue weighted by molar-refractivity contribution is -0.132. The van der Waals surface area contributed by atoms with Crippen molar-refractivity contribution in [2.75, 3.05) is 0 Å². The molecule has 1 aliphatic rings. The molecule has 1 aliphatic heterocycles. The third-order valence-corrected chi connectivity index (χ3v) is 2.52. The van der Waals surface area contributed by atoms with Crippen LogP contribution in [-0.2, 0) is 4.79 Å². The summed E-state index contributed by atoms with van der Waals surface area (Å²) in [4.78, 5) is 22.4. The molecular formula is C11H7ClO4. The van der Waals surface area contributed by atoms with Crippen LogP contribution in [0.3, 0.4) is 0 Å². The number of benzene rings is 1. The standard InChI is InChI=1S/C11H7ClO4/c1-5-2-3-7-6(4-5)9(13)10(16-7)8(12)11(14)15/h2-4H,1H3,(H,14,15). The number of allylic oxidation sites excluding steroid dienone is 1. The Hall–Kier alpha value is -1.81. The summed E-state index contributed by atoms with van der Waals surface area (Å²) in [6, 6.07) is 5.02. The minimum absolute atomic E-state index is 0.324. The number of fused-ring (bicyclic) bond motifs is 1. The van der Waals surface area contributed by atoms with Crippen molar-refractivity contribution in [2.24, 2.45) is 0 Å². The number of rotatable bonds is 1. The van der Waals surface area contributed by atoms with Crippen LogP contribution < -0.4 is 4.74 Å². The summed E-state index contributed by atoms with van der Waals surface area (Å²) in [5, 5.41) is 8.07. The average Bonchev–Trinajstić information content (AvgIpc) is 2.55. The topological polar surface area (TPSA) is 63.6 Å². The van der Waals surface area contributed by atoms with Crippen LogP contribution in [0.2, 0.25) is 0 Å². The number of halogens is 1. The zero-order valence-corrected chi connectivity index (χ0v) is 9.04. The van der Waals surface area contributed by atoms with E-state index < -0.39 is 16.8 Å². The predicted octanol–water partition coefficient (Wildman–Crippen LogP) is 2.11. The second-order valence-corrected chi connectivity index (χ2v) is 3.76. The zero-order chi connectivity index (χ0) is 11.9. The van der Waals surface area contributed by atoms with Crippen LogP contribution in [0.1, 0.15) is 15.9 Å². The SMILES string of the molecule is Cc1ccc2c(c1)C(=O)C(=C(Cl)C(=O)O)O2. The first-order valence-corrected chi connectivity index (χ1v) is 4.85. The van der Waals surface area contributed by atoms with Gasteiger partial charge in [0.25, 0.3) is 0 Å². The molecule has 5 heteroatoms. The van der Waals surface area contributed by atoms with E-state index in [0.29, 0.717) is 11.3 Å². The maximum absolute atomic E-state index is 11.8. The van der Waals surface area contributed by atoms with E-state index in [4.69, 9.17) is 21.4 Å². The summed E-state index contributed by atoms with van der Waals surface area (Å²) in [7, 11) is 0. The fourth-order valence-corrected chi connectivity index (χ4v) is 1.55. The van der Waals surface area contributed by atoms with Crippen LogP contribution in [0, 0.1) is 6.92 Å². The summed E-state index contributed by atoms with van der Waals surface area (Å²) in [5.41, 5.74) is 1.23.